The van der Waals surface area contributed by atoms with Gasteiger partial charge in [-0.05, 0) is 18.1 Å². The van der Waals surface area contributed by atoms with Crippen molar-refractivity contribution in [2.75, 3.05) is 31.1 Å². The molecule has 21 heavy (non-hydrogen) atoms. The van der Waals surface area contributed by atoms with Crippen molar-refractivity contribution in [3.63, 3.8) is 0 Å². The monoisotopic (exact) mass is 290 g/mol. The van der Waals surface area contributed by atoms with E-state index in [0.29, 0.717) is 19.6 Å². The van der Waals surface area contributed by atoms with Gasteiger partial charge in [-0.2, -0.15) is 0 Å². The Kier molecular flexibility index (Phi) is 3.90. The van der Waals surface area contributed by atoms with Crippen LogP contribution in [0.3, 0.4) is 0 Å². The quantitative estimate of drug-likeness (QED) is 0.817. The molecule has 0 radical (unpaired) electrons. The van der Waals surface area contributed by atoms with Gasteiger partial charge in [0.25, 0.3) is 5.91 Å². The van der Waals surface area contributed by atoms with Crippen molar-refractivity contribution in [2.45, 2.75) is 12.5 Å². The molecular weight excluding hydrogens is 272 g/mol. The number of morpholine rings is 1. The third kappa shape index (κ3) is 2.77. The van der Waals surface area contributed by atoms with Gasteiger partial charge in [0.15, 0.2) is 0 Å². The van der Waals surface area contributed by atoms with Crippen LogP contribution in [0.2, 0.25) is 0 Å². The summed E-state index contributed by atoms with van der Waals surface area (Å²) in [7, 11) is 0. The molecule has 0 saturated carbocycles. The Labute approximate surface area is 122 Å². The number of nitrogens with zero attached hydrogens (tertiary/aromatic N) is 1. The Morgan fingerprint density at radius 1 is 1.33 bits per heavy atom. The number of nitrogens with one attached hydrogen (secondary N) is 1. The zero-order chi connectivity index (χ0) is 14.8. The highest BCUT2D eigenvalue weighted by atomic mass is 16.5. The summed E-state index contributed by atoms with van der Waals surface area (Å²) in [6.45, 7) is 1.90. The van der Waals surface area contributed by atoms with Crippen molar-refractivity contribution in [1.29, 1.82) is 0 Å². The Morgan fingerprint density at radius 3 is 2.86 bits per heavy atom. The number of hydrogen-bond donors (Lipinski definition) is 2. The molecule has 0 aromatic heterocycles. The number of carboxylic acids is 1. The molecule has 0 bridgehead atoms. The fourth-order valence-corrected chi connectivity index (χ4v) is 2.87. The minimum absolute atomic E-state index is 0.166. The van der Waals surface area contributed by atoms with Crippen LogP contribution in [-0.2, 0) is 20.7 Å². The van der Waals surface area contributed by atoms with Crippen LogP contribution in [0.1, 0.15) is 5.56 Å². The number of ether oxygens (including phenoxy) is 1. The number of anilines is 1. The number of carbonyl (C=O) groups is 2. The molecule has 3 rings (SSSR count). The topological polar surface area (TPSA) is 78.9 Å². The largest absolute Gasteiger partial charge is 0.481 e. The SMILES string of the molecule is O=C(O)C1Cc2ccccc2N(C(=O)C2CNCCO2)C1. The van der Waals surface area contributed by atoms with Crippen LogP contribution in [-0.4, -0.2) is 49.3 Å². The molecule has 6 heteroatoms. The molecule has 112 valence electrons. The summed E-state index contributed by atoms with van der Waals surface area (Å²) >= 11 is 0. The first kappa shape index (κ1) is 14.0. The zero-order valence-electron chi connectivity index (χ0n) is 11.6. The lowest BCUT2D eigenvalue weighted by Gasteiger charge is -2.36. The predicted molar refractivity (Wildman–Crippen MR) is 76.2 cm³/mol. The molecule has 6 nitrogen and oxygen atoms in total. The van der Waals surface area contributed by atoms with Crippen molar-refractivity contribution in [1.82, 2.24) is 5.32 Å². The number of fused-ring (bicyclic) bond motifs is 1. The van der Waals surface area contributed by atoms with Crippen molar-refractivity contribution < 1.29 is 19.4 Å². The summed E-state index contributed by atoms with van der Waals surface area (Å²) in [5.41, 5.74) is 1.70. The Hall–Kier alpha value is -1.92. The molecule has 0 aliphatic carbocycles. The summed E-state index contributed by atoms with van der Waals surface area (Å²) in [6, 6.07) is 7.47. The van der Waals surface area contributed by atoms with E-state index in [1.165, 1.54) is 0 Å². The van der Waals surface area contributed by atoms with E-state index < -0.39 is 18.0 Å². The lowest BCUT2D eigenvalue weighted by molar-refractivity contribution is -0.141. The number of rotatable bonds is 2. The van der Waals surface area contributed by atoms with Crippen LogP contribution >= 0.6 is 0 Å². The molecule has 1 saturated heterocycles. The highest BCUT2D eigenvalue weighted by Crippen LogP contribution is 2.30. The van der Waals surface area contributed by atoms with Gasteiger partial charge in [0.1, 0.15) is 6.10 Å². The summed E-state index contributed by atoms with van der Waals surface area (Å²) in [6.07, 6.45) is -0.0849. The second-order valence-corrected chi connectivity index (χ2v) is 5.38. The van der Waals surface area contributed by atoms with Gasteiger partial charge < -0.3 is 20.1 Å². The van der Waals surface area contributed by atoms with E-state index in [4.69, 9.17) is 4.74 Å². The molecule has 0 spiro atoms. The molecule has 1 amide bonds. The van der Waals surface area contributed by atoms with Crippen molar-refractivity contribution in [3.8, 4) is 0 Å². The third-order valence-electron chi connectivity index (χ3n) is 3.97. The van der Waals surface area contributed by atoms with Crippen molar-refractivity contribution in [3.05, 3.63) is 29.8 Å². The van der Waals surface area contributed by atoms with Crippen LogP contribution in [0, 0.1) is 5.92 Å². The molecule has 1 fully saturated rings. The van der Waals surface area contributed by atoms with Crippen LogP contribution in [0.4, 0.5) is 5.69 Å². The number of amides is 1. The van der Waals surface area contributed by atoms with E-state index in [2.05, 4.69) is 5.32 Å². The minimum Gasteiger partial charge on any atom is -0.481 e. The van der Waals surface area contributed by atoms with Gasteiger partial charge in [-0.1, -0.05) is 18.2 Å². The van der Waals surface area contributed by atoms with Crippen molar-refractivity contribution in [2.24, 2.45) is 5.92 Å². The second-order valence-electron chi connectivity index (χ2n) is 5.38. The van der Waals surface area contributed by atoms with E-state index >= 15 is 0 Å². The van der Waals surface area contributed by atoms with Gasteiger partial charge in [0, 0.05) is 25.3 Å². The average Bonchev–Trinajstić information content (AvgIpc) is 2.54. The first-order valence-corrected chi connectivity index (χ1v) is 7.11. The van der Waals surface area contributed by atoms with E-state index in [1.54, 1.807) is 4.90 Å². The third-order valence-corrected chi connectivity index (χ3v) is 3.97. The van der Waals surface area contributed by atoms with E-state index in [0.717, 1.165) is 17.8 Å². The van der Waals surface area contributed by atoms with E-state index in [9.17, 15) is 14.7 Å². The van der Waals surface area contributed by atoms with Gasteiger partial charge in [-0.3, -0.25) is 9.59 Å². The molecule has 1 aromatic carbocycles. The lowest BCUT2D eigenvalue weighted by atomic mass is 9.92. The van der Waals surface area contributed by atoms with Gasteiger partial charge in [-0.25, -0.2) is 0 Å². The Morgan fingerprint density at radius 2 is 2.14 bits per heavy atom. The number of carboxylic acid groups (broad SMARTS) is 1. The van der Waals surface area contributed by atoms with Crippen LogP contribution in [0.25, 0.3) is 0 Å². The zero-order valence-corrected chi connectivity index (χ0v) is 11.6. The fourth-order valence-electron chi connectivity index (χ4n) is 2.87. The molecule has 2 unspecified atom stereocenters. The van der Waals surface area contributed by atoms with E-state index in [-0.39, 0.29) is 12.5 Å². The normalized spacial score (nSPS) is 25.2. The lowest BCUT2D eigenvalue weighted by Crippen LogP contribution is -2.52. The van der Waals surface area contributed by atoms with Gasteiger partial charge >= 0.3 is 5.97 Å². The second kappa shape index (κ2) is 5.83. The Bertz CT molecular complexity index is 554. The average molecular weight is 290 g/mol. The smallest absolute Gasteiger partial charge is 0.308 e. The number of aliphatic carboxylic acids is 1. The first-order valence-electron chi connectivity index (χ1n) is 7.11. The van der Waals surface area contributed by atoms with Crippen molar-refractivity contribution >= 4 is 17.6 Å². The van der Waals surface area contributed by atoms with Crippen LogP contribution in [0.15, 0.2) is 24.3 Å². The molecule has 2 atom stereocenters. The molecule has 2 N–H and O–H groups in total. The van der Waals surface area contributed by atoms with Crippen LogP contribution < -0.4 is 10.2 Å². The first-order chi connectivity index (χ1) is 10.2. The highest BCUT2D eigenvalue weighted by molar-refractivity contribution is 5.98. The summed E-state index contributed by atoms with van der Waals surface area (Å²) in [5.74, 6) is -1.61. The minimum atomic E-state index is -0.870. The number of benzene rings is 1. The summed E-state index contributed by atoms with van der Waals surface area (Å²) in [5, 5.41) is 12.4. The maximum Gasteiger partial charge on any atom is 0.308 e. The maximum absolute atomic E-state index is 12.7. The molecular formula is C15H18N2O4. The Balaban J connectivity index is 1.88. The molecule has 2 aliphatic rings. The molecule has 1 aromatic rings. The standard InChI is InChI=1S/C15H18N2O4/c18-14(13-8-16-5-6-21-13)17-9-11(15(19)20)7-10-3-1-2-4-12(10)17/h1-4,11,13,16H,5-9H2,(H,19,20). The van der Waals surface area contributed by atoms with Crippen LogP contribution in [0.5, 0.6) is 0 Å². The molecule has 2 heterocycles. The van der Waals surface area contributed by atoms with E-state index in [1.807, 2.05) is 24.3 Å². The summed E-state index contributed by atoms with van der Waals surface area (Å²) in [4.78, 5) is 25.5. The van der Waals surface area contributed by atoms with Gasteiger partial charge in [-0.15, -0.1) is 0 Å². The summed E-state index contributed by atoms with van der Waals surface area (Å²) < 4.78 is 5.50. The maximum atomic E-state index is 12.7. The number of carbonyl (C=O) groups excluding carboxylic acids is 1. The number of hydrogen-bond acceptors (Lipinski definition) is 4. The van der Waals surface area contributed by atoms with Gasteiger partial charge in [0.2, 0.25) is 0 Å². The van der Waals surface area contributed by atoms with Gasteiger partial charge in [0.05, 0.1) is 12.5 Å². The predicted octanol–water partition coefficient (Wildman–Crippen LogP) is 0.265. The highest BCUT2D eigenvalue weighted by Gasteiger charge is 2.35. The fraction of sp³-hybridized carbons (Fsp3) is 0.467. The molecule has 2 aliphatic heterocycles. The number of para-hydroxylation sites is 1.